The zero-order valence-corrected chi connectivity index (χ0v) is 14.2. The van der Waals surface area contributed by atoms with E-state index in [1.54, 1.807) is 6.07 Å². The van der Waals surface area contributed by atoms with Gasteiger partial charge in [0.2, 0.25) is 11.8 Å². The van der Waals surface area contributed by atoms with Gasteiger partial charge in [-0.1, -0.05) is 12.1 Å². The molecule has 3 rings (SSSR count). The van der Waals surface area contributed by atoms with E-state index >= 15 is 0 Å². The third-order valence-corrected chi connectivity index (χ3v) is 4.85. The average Bonchev–Trinajstić information content (AvgIpc) is 3.45. The van der Waals surface area contributed by atoms with Crippen LogP contribution in [0, 0.1) is 11.8 Å². The smallest absolute Gasteiger partial charge is 0.303 e. The normalized spacial score (nSPS) is 20.2. The van der Waals surface area contributed by atoms with Crippen LogP contribution in [0.15, 0.2) is 24.3 Å². The number of piperidine rings is 1. The molecule has 0 spiro atoms. The number of likely N-dealkylation sites (tertiary alicyclic amines) is 1. The number of rotatable bonds is 6. The SMILES string of the molecule is O=C(O)CCc1cccc(NC(=O)C2CCCN(C(=O)C3CC3)C2)c1. The van der Waals surface area contributed by atoms with E-state index in [0.29, 0.717) is 18.7 Å². The van der Waals surface area contributed by atoms with Gasteiger partial charge in [-0.25, -0.2) is 0 Å². The Balaban J connectivity index is 1.56. The molecule has 0 aromatic heterocycles. The predicted molar refractivity (Wildman–Crippen MR) is 93.1 cm³/mol. The second-order valence-electron chi connectivity index (χ2n) is 6.98. The van der Waals surface area contributed by atoms with Crippen molar-refractivity contribution in [3.05, 3.63) is 29.8 Å². The third kappa shape index (κ3) is 4.81. The van der Waals surface area contributed by atoms with Crippen LogP contribution < -0.4 is 5.32 Å². The summed E-state index contributed by atoms with van der Waals surface area (Å²) in [4.78, 5) is 37.3. The Kier molecular flexibility index (Phi) is 5.36. The van der Waals surface area contributed by atoms with Gasteiger partial charge >= 0.3 is 5.97 Å². The molecule has 1 aliphatic heterocycles. The van der Waals surface area contributed by atoms with Crippen LogP contribution >= 0.6 is 0 Å². The molecule has 1 aliphatic carbocycles. The highest BCUT2D eigenvalue weighted by atomic mass is 16.4. The zero-order chi connectivity index (χ0) is 17.8. The van der Waals surface area contributed by atoms with Crippen molar-refractivity contribution in [2.75, 3.05) is 18.4 Å². The van der Waals surface area contributed by atoms with Gasteiger partial charge in [-0.05, 0) is 49.8 Å². The topological polar surface area (TPSA) is 86.7 Å². The number of carboxylic acid groups (broad SMARTS) is 1. The second-order valence-corrected chi connectivity index (χ2v) is 6.98. The summed E-state index contributed by atoms with van der Waals surface area (Å²) in [5.41, 5.74) is 1.56. The minimum absolute atomic E-state index is 0.0660. The first-order valence-corrected chi connectivity index (χ1v) is 8.93. The van der Waals surface area contributed by atoms with Gasteiger partial charge in [0, 0.05) is 31.1 Å². The molecule has 1 saturated heterocycles. The van der Waals surface area contributed by atoms with Gasteiger partial charge in [-0.15, -0.1) is 0 Å². The van der Waals surface area contributed by atoms with Gasteiger partial charge in [-0.3, -0.25) is 14.4 Å². The van der Waals surface area contributed by atoms with Crippen molar-refractivity contribution >= 4 is 23.5 Å². The quantitative estimate of drug-likeness (QED) is 0.829. The molecule has 1 aromatic carbocycles. The summed E-state index contributed by atoms with van der Waals surface area (Å²) in [5, 5.41) is 11.7. The molecule has 2 fully saturated rings. The molecule has 1 unspecified atom stereocenters. The Bertz CT molecular complexity index is 669. The third-order valence-electron chi connectivity index (χ3n) is 4.85. The van der Waals surface area contributed by atoms with Crippen LogP contribution in [0.3, 0.4) is 0 Å². The highest BCUT2D eigenvalue weighted by molar-refractivity contribution is 5.93. The maximum atomic E-state index is 12.6. The van der Waals surface area contributed by atoms with Crippen molar-refractivity contribution in [3.63, 3.8) is 0 Å². The number of carbonyl (C=O) groups is 3. The van der Waals surface area contributed by atoms with Crippen molar-refractivity contribution < 1.29 is 19.5 Å². The Morgan fingerprint density at radius 1 is 1.16 bits per heavy atom. The van der Waals surface area contributed by atoms with E-state index in [4.69, 9.17) is 5.11 Å². The van der Waals surface area contributed by atoms with E-state index in [2.05, 4.69) is 5.32 Å². The minimum atomic E-state index is -0.836. The number of hydrogen-bond donors (Lipinski definition) is 2. The molecule has 1 atom stereocenters. The fourth-order valence-electron chi connectivity index (χ4n) is 3.28. The van der Waals surface area contributed by atoms with Crippen LogP contribution in [0.2, 0.25) is 0 Å². The lowest BCUT2D eigenvalue weighted by Gasteiger charge is -2.32. The number of nitrogens with zero attached hydrogens (tertiary/aromatic N) is 1. The molecule has 1 saturated carbocycles. The van der Waals surface area contributed by atoms with Crippen molar-refractivity contribution in [1.82, 2.24) is 4.90 Å². The first-order valence-electron chi connectivity index (χ1n) is 8.93. The molecule has 6 heteroatoms. The van der Waals surface area contributed by atoms with Gasteiger partial charge < -0.3 is 15.3 Å². The van der Waals surface area contributed by atoms with E-state index in [9.17, 15) is 14.4 Å². The molecule has 25 heavy (non-hydrogen) atoms. The first-order chi connectivity index (χ1) is 12.0. The zero-order valence-electron chi connectivity index (χ0n) is 14.2. The van der Waals surface area contributed by atoms with Crippen LogP contribution in [-0.2, 0) is 20.8 Å². The summed E-state index contributed by atoms with van der Waals surface area (Å²) in [6.45, 7) is 1.25. The number of aliphatic carboxylic acids is 1. The lowest BCUT2D eigenvalue weighted by Crippen LogP contribution is -2.44. The van der Waals surface area contributed by atoms with Crippen molar-refractivity contribution in [2.45, 2.75) is 38.5 Å². The molecular weight excluding hydrogens is 320 g/mol. The largest absolute Gasteiger partial charge is 0.481 e. The minimum Gasteiger partial charge on any atom is -0.481 e. The molecule has 0 radical (unpaired) electrons. The maximum Gasteiger partial charge on any atom is 0.303 e. The molecule has 2 N–H and O–H groups in total. The van der Waals surface area contributed by atoms with Gasteiger partial charge in [0.15, 0.2) is 0 Å². The van der Waals surface area contributed by atoms with Crippen LogP contribution in [0.4, 0.5) is 5.69 Å². The first kappa shape index (κ1) is 17.5. The number of carboxylic acids is 1. The Morgan fingerprint density at radius 3 is 2.68 bits per heavy atom. The summed E-state index contributed by atoms with van der Waals surface area (Å²) in [6.07, 6.45) is 4.11. The molecular formula is C19H24N2O4. The Morgan fingerprint density at radius 2 is 1.96 bits per heavy atom. The van der Waals surface area contributed by atoms with Crippen LogP contribution in [0.5, 0.6) is 0 Å². The van der Waals surface area contributed by atoms with Crippen molar-refractivity contribution in [1.29, 1.82) is 0 Å². The molecule has 2 amide bonds. The van der Waals surface area contributed by atoms with E-state index < -0.39 is 5.97 Å². The number of nitrogens with one attached hydrogen (secondary N) is 1. The van der Waals surface area contributed by atoms with E-state index in [1.807, 2.05) is 23.1 Å². The molecule has 1 heterocycles. The summed E-state index contributed by atoms with van der Waals surface area (Å²) in [7, 11) is 0. The van der Waals surface area contributed by atoms with Crippen molar-refractivity contribution in [2.24, 2.45) is 11.8 Å². The molecule has 1 aromatic rings. The number of benzene rings is 1. The van der Waals surface area contributed by atoms with Crippen LogP contribution in [0.25, 0.3) is 0 Å². The van der Waals surface area contributed by atoms with E-state index in [1.165, 1.54) is 0 Å². The molecule has 0 bridgehead atoms. The van der Waals surface area contributed by atoms with E-state index in [-0.39, 0.29) is 30.1 Å². The number of hydrogen-bond acceptors (Lipinski definition) is 3. The Hall–Kier alpha value is -2.37. The van der Waals surface area contributed by atoms with E-state index in [0.717, 1.165) is 37.8 Å². The second kappa shape index (κ2) is 7.68. The van der Waals surface area contributed by atoms with Gasteiger partial charge in [0.1, 0.15) is 0 Å². The highest BCUT2D eigenvalue weighted by Crippen LogP contribution is 2.32. The van der Waals surface area contributed by atoms with Crippen LogP contribution in [-0.4, -0.2) is 40.9 Å². The number of amides is 2. The number of carbonyl (C=O) groups excluding carboxylic acids is 2. The number of aryl methyl sites for hydroxylation is 1. The maximum absolute atomic E-state index is 12.6. The fourth-order valence-corrected chi connectivity index (χ4v) is 3.28. The van der Waals surface area contributed by atoms with Crippen molar-refractivity contribution in [3.8, 4) is 0 Å². The predicted octanol–water partition coefficient (Wildman–Crippen LogP) is 2.29. The lowest BCUT2D eigenvalue weighted by atomic mass is 9.96. The van der Waals surface area contributed by atoms with Crippen LogP contribution in [0.1, 0.15) is 37.7 Å². The summed E-state index contributed by atoms with van der Waals surface area (Å²) in [6, 6.07) is 7.29. The molecule has 6 nitrogen and oxygen atoms in total. The Labute approximate surface area is 147 Å². The fraction of sp³-hybridized carbons (Fsp3) is 0.526. The number of anilines is 1. The van der Waals surface area contributed by atoms with Gasteiger partial charge in [-0.2, -0.15) is 0 Å². The molecule has 2 aliphatic rings. The molecule has 134 valence electrons. The van der Waals surface area contributed by atoms with Gasteiger partial charge in [0.05, 0.1) is 5.92 Å². The average molecular weight is 344 g/mol. The summed E-state index contributed by atoms with van der Waals surface area (Å²) >= 11 is 0. The lowest BCUT2D eigenvalue weighted by molar-refractivity contribution is -0.137. The van der Waals surface area contributed by atoms with Gasteiger partial charge in [0.25, 0.3) is 0 Å². The monoisotopic (exact) mass is 344 g/mol. The summed E-state index contributed by atoms with van der Waals surface area (Å²) < 4.78 is 0. The highest BCUT2D eigenvalue weighted by Gasteiger charge is 2.36. The standard InChI is InChI=1S/C19H24N2O4/c22-17(23)9-6-13-3-1-5-16(11-13)20-18(24)15-4-2-10-21(12-15)19(25)14-7-8-14/h1,3,5,11,14-15H,2,4,6-10,12H2,(H,20,24)(H,22,23). The summed E-state index contributed by atoms with van der Waals surface area (Å²) in [5.74, 6) is -0.694.